The molecule has 0 aliphatic heterocycles. The van der Waals surface area contributed by atoms with E-state index in [1.54, 1.807) is 36.1 Å². The van der Waals surface area contributed by atoms with Crippen LogP contribution in [0.1, 0.15) is 61.8 Å². The van der Waals surface area contributed by atoms with E-state index >= 15 is 0 Å². The number of ether oxygens (including phenoxy) is 1. The number of rotatable bonds is 6. The van der Waals surface area contributed by atoms with E-state index in [-0.39, 0.29) is 30.0 Å². The molecule has 2 fully saturated rings. The lowest BCUT2D eigenvalue weighted by molar-refractivity contribution is -0.130. The van der Waals surface area contributed by atoms with Crippen molar-refractivity contribution in [2.45, 2.75) is 63.6 Å². The molecule has 0 saturated heterocycles. The first-order valence-corrected chi connectivity index (χ1v) is 12.5. The monoisotopic (exact) mass is 487 g/mol. The van der Waals surface area contributed by atoms with Gasteiger partial charge in [0.1, 0.15) is 11.4 Å². The molecule has 0 atom stereocenters. The SMILES string of the molecule is CC(=O)N(C)[C@H]1CC[C@@H](n2cc3cc(C(=O)Nc4cnn5cccnc45)c(OC4CC4)cc3n2)CC1. The molecule has 2 saturated carbocycles. The maximum Gasteiger partial charge on any atom is 0.259 e. The highest BCUT2D eigenvalue weighted by atomic mass is 16.5. The summed E-state index contributed by atoms with van der Waals surface area (Å²) >= 11 is 0. The van der Waals surface area contributed by atoms with Crippen molar-refractivity contribution in [3.63, 3.8) is 0 Å². The van der Waals surface area contributed by atoms with E-state index in [0.29, 0.717) is 22.6 Å². The summed E-state index contributed by atoms with van der Waals surface area (Å²) in [5.74, 6) is 0.384. The van der Waals surface area contributed by atoms with Gasteiger partial charge < -0.3 is 15.0 Å². The number of carbonyl (C=O) groups is 2. The summed E-state index contributed by atoms with van der Waals surface area (Å²) in [6.07, 6.45) is 13.0. The van der Waals surface area contributed by atoms with Gasteiger partial charge >= 0.3 is 0 Å². The van der Waals surface area contributed by atoms with Crippen molar-refractivity contribution < 1.29 is 14.3 Å². The van der Waals surface area contributed by atoms with Gasteiger partial charge in [0.25, 0.3) is 5.91 Å². The molecular weight excluding hydrogens is 458 g/mol. The maximum atomic E-state index is 13.4. The number of amides is 2. The summed E-state index contributed by atoms with van der Waals surface area (Å²) < 4.78 is 9.76. The number of benzene rings is 1. The van der Waals surface area contributed by atoms with Gasteiger partial charge in [-0.2, -0.15) is 10.2 Å². The second-order valence-electron chi connectivity index (χ2n) is 9.83. The highest BCUT2D eigenvalue weighted by Gasteiger charge is 2.29. The quantitative estimate of drug-likeness (QED) is 0.443. The molecule has 1 N–H and O–H groups in total. The number of anilines is 1. The lowest BCUT2D eigenvalue weighted by Crippen LogP contribution is -2.38. The summed E-state index contributed by atoms with van der Waals surface area (Å²) in [5.41, 5.74) is 2.40. The smallest absolute Gasteiger partial charge is 0.259 e. The second kappa shape index (κ2) is 8.92. The van der Waals surface area contributed by atoms with Crippen LogP contribution in [0.15, 0.2) is 43.0 Å². The predicted molar refractivity (Wildman–Crippen MR) is 134 cm³/mol. The number of hydrogen-bond acceptors (Lipinski definition) is 6. The lowest BCUT2D eigenvalue weighted by Gasteiger charge is -2.34. The van der Waals surface area contributed by atoms with Crippen molar-refractivity contribution in [2.75, 3.05) is 12.4 Å². The van der Waals surface area contributed by atoms with Crippen molar-refractivity contribution in [3.05, 3.63) is 48.5 Å². The zero-order chi connectivity index (χ0) is 24.8. The Morgan fingerprint density at radius 2 is 1.94 bits per heavy atom. The van der Waals surface area contributed by atoms with Gasteiger partial charge in [0.15, 0.2) is 5.65 Å². The van der Waals surface area contributed by atoms with E-state index in [9.17, 15) is 9.59 Å². The standard InChI is InChI=1S/C26H29N7O3/c1-16(34)31(2)18-4-6-19(7-5-18)33-15-17-12-21(24(13-22(17)30-33)36-20-8-9-20)26(35)29-23-14-28-32-11-3-10-27-25(23)32/h3,10-15,18-20H,4-9H2,1-2H3,(H,29,35)/t18-,19+. The van der Waals surface area contributed by atoms with Crippen molar-refractivity contribution in [3.8, 4) is 5.75 Å². The summed E-state index contributed by atoms with van der Waals surface area (Å²) in [6, 6.07) is 6.08. The fraction of sp³-hybridized carbons (Fsp3) is 0.423. The Kier molecular flexibility index (Phi) is 5.58. The zero-order valence-electron chi connectivity index (χ0n) is 20.4. The molecule has 3 aromatic heterocycles. The molecular formula is C26H29N7O3. The molecule has 3 heterocycles. The third-order valence-electron chi connectivity index (χ3n) is 7.30. The van der Waals surface area contributed by atoms with E-state index in [4.69, 9.17) is 9.84 Å². The van der Waals surface area contributed by atoms with E-state index in [1.807, 2.05) is 35.0 Å². The van der Waals surface area contributed by atoms with Gasteiger partial charge in [-0.25, -0.2) is 9.50 Å². The molecule has 0 bridgehead atoms. The van der Waals surface area contributed by atoms with Crippen LogP contribution < -0.4 is 10.1 Å². The van der Waals surface area contributed by atoms with Crippen LogP contribution in [0.2, 0.25) is 0 Å². The van der Waals surface area contributed by atoms with Crippen LogP contribution in [-0.4, -0.2) is 60.3 Å². The Morgan fingerprint density at radius 1 is 1.14 bits per heavy atom. The molecule has 2 aliphatic carbocycles. The van der Waals surface area contributed by atoms with Gasteiger partial charge in [-0.15, -0.1) is 0 Å². The molecule has 1 aromatic carbocycles. The van der Waals surface area contributed by atoms with Crippen molar-refractivity contribution in [1.82, 2.24) is 29.3 Å². The Morgan fingerprint density at radius 3 is 2.69 bits per heavy atom. The first-order valence-electron chi connectivity index (χ1n) is 12.5. The van der Waals surface area contributed by atoms with Gasteiger partial charge in [0.2, 0.25) is 5.91 Å². The molecule has 10 nitrogen and oxygen atoms in total. The third-order valence-corrected chi connectivity index (χ3v) is 7.30. The largest absolute Gasteiger partial charge is 0.490 e. The lowest BCUT2D eigenvalue weighted by atomic mass is 9.90. The number of nitrogens with zero attached hydrogens (tertiary/aromatic N) is 6. The minimum atomic E-state index is -0.270. The molecule has 2 aliphatic rings. The van der Waals surface area contributed by atoms with Crippen molar-refractivity contribution >= 4 is 34.1 Å². The summed E-state index contributed by atoms with van der Waals surface area (Å²) in [5, 5.41) is 12.9. The summed E-state index contributed by atoms with van der Waals surface area (Å²) in [6.45, 7) is 1.62. The van der Waals surface area contributed by atoms with Gasteiger partial charge in [-0.1, -0.05) is 0 Å². The number of fused-ring (bicyclic) bond motifs is 2. The van der Waals surface area contributed by atoms with Gasteiger partial charge in [-0.05, 0) is 50.7 Å². The Bertz CT molecular complexity index is 1450. The molecule has 4 aromatic rings. The van der Waals surface area contributed by atoms with Crippen LogP contribution in [-0.2, 0) is 4.79 Å². The van der Waals surface area contributed by atoms with Crippen LogP contribution in [0.4, 0.5) is 5.69 Å². The first kappa shape index (κ1) is 22.5. The normalized spacial score (nSPS) is 19.9. The molecule has 36 heavy (non-hydrogen) atoms. The third kappa shape index (κ3) is 4.27. The van der Waals surface area contributed by atoms with E-state index in [0.717, 1.165) is 49.4 Å². The Balaban J connectivity index is 1.27. The highest BCUT2D eigenvalue weighted by molar-refractivity contribution is 6.09. The van der Waals surface area contributed by atoms with Gasteiger partial charge in [0, 0.05) is 50.1 Å². The van der Waals surface area contributed by atoms with Crippen LogP contribution >= 0.6 is 0 Å². The average Bonchev–Trinajstić information content (AvgIpc) is 3.46. The van der Waals surface area contributed by atoms with Crippen LogP contribution in [0.25, 0.3) is 16.6 Å². The van der Waals surface area contributed by atoms with Crippen LogP contribution in [0.5, 0.6) is 5.75 Å². The van der Waals surface area contributed by atoms with Crippen LogP contribution in [0.3, 0.4) is 0 Å². The minimum absolute atomic E-state index is 0.108. The fourth-order valence-electron chi connectivity index (χ4n) is 4.97. The van der Waals surface area contributed by atoms with Crippen LogP contribution in [0, 0.1) is 0 Å². The number of carbonyl (C=O) groups excluding carboxylic acids is 2. The Hall–Kier alpha value is -3.95. The predicted octanol–water partition coefficient (Wildman–Crippen LogP) is 3.83. The fourth-order valence-corrected chi connectivity index (χ4v) is 4.97. The average molecular weight is 488 g/mol. The maximum absolute atomic E-state index is 13.4. The summed E-state index contributed by atoms with van der Waals surface area (Å²) in [7, 11) is 1.88. The summed E-state index contributed by atoms with van der Waals surface area (Å²) in [4.78, 5) is 31.3. The second-order valence-corrected chi connectivity index (χ2v) is 9.83. The van der Waals surface area contributed by atoms with Gasteiger partial charge in [0.05, 0.1) is 29.4 Å². The highest BCUT2D eigenvalue weighted by Crippen LogP contribution is 2.35. The minimum Gasteiger partial charge on any atom is -0.490 e. The van der Waals surface area contributed by atoms with Gasteiger partial charge in [-0.3, -0.25) is 14.3 Å². The number of nitrogens with one attached hydrogen (secondary N) is 1. The first-order chi connectivity index (χ1) is 17.5. The molecule has 0 radical (unpaired) electrons. The molecule has 6 rings (SSSR count). The molecule has 0 spiro atoms. The number of aromatic nitrogens is 5. The van der Waals surface area contributed by atoms with E-state index < -0.39 is 0 Å². The molecule has 0 unspecified atom stereocenters. The van der Waals surface area contributed by atoms with E-state index in [2.05, 4.69) is 15.4 Å². The molecule has 10 heteroatoms. The van der Waals surface area contributed by atoms with E-state index in [1.165, 1.54) is 0 Å². The Labute approximate surface area is 208 Å². The number of hydrogen-bond donors (Lipinski definition) is 1. The molecule has 186 valence electrons. The van der Waals surface area contributed by atoms with Crippen molar-refractivity contribution in [1.29, 1.82) is 0 Å². The zero-order valence-corrected chi connectivity index (χ0v) is 20.4. The topological polar surface area (TPSA) is 107 Å². The van der Waals surface area contributed by atoms with Crippen molar-refractivity contribution in [2.24, 2.45) is 0 Å². The molecule has 2 amide bonds.